The molecule has 24 heavy (non-hydrogen) atoms. The highest BCUT2D eigenvalue weighted by atomic mass is 16.6. The SMILES string of the molecule is CC(=O)OC[C@@]12C=C[C@@H](O1)[C@@H]1C(=O)N([C@H]3C[C@H]4CC[C@H]3C4)C(=O)[C@H]12. The Morgan fingerprint density at radius 3 is 2.83 bits per heavy atom. The predicted molar refractivity (Wildman–Crippen MR) is 81.4 cm³/mol. The first kappa shape index (κ1) is 14.6. The molecule has 6 nitrogen and oxygen atoms in total. The minimum atomic E-state index is -0.958. The fourth-order valence-corrected chi connectivity index (χ4v) is 5.76. The second kappa shape index (κ2) is 4.69. The molecule has 0 N–H and O–H groups in total. The van der Waals surface area contributed by atoms with Gasteiger partial charge >= 0.3 is 5.97 Å². The van der Waals surface area contributed by atoms with Gasteiger partial charge in [-0.1, -0.05) is 12.5 Å². The van der Waals surface area contributed by atoms with Gasteiger partial charge in [-0.05, 0) is 37.2 Å². The molecular formula is C18H21NO5. The van der Waals surface area contributed by atoms with Crippen LogP contribution in [0.5, 0.6) is 0 Å². The first-order valence-corrected chi connectivity index (χ1v) is 8.87. The highest BCUT2D eigenvalue weighted by molar-refractivity contribution is 6.07. The molecule has 5 aliphatic rings. The summed E-state index contributed by atoms with van der Waals surface area (Å²) in [5, 5.41) is 0. The second-order valence-corrected chi connectivity index (χ2v) is 7.97. The Kier molecular flexibility index (Phi) is 2.86. The summed E-state index contributed by atoms with van der Waals surface area (Å²) in [5.74, 6) is -0.464. The molecule has 5 rings (SSSR count). The summed E-state index contributed by atoms with van der Waals surface area (Å²) in [6.45, 7) is 1.34. The van der Waals surface area contributed by atoms with Gasteiger partial charge in [-0.25, -0.2) is 0 Å². The van der Waals surface area contributed by atoms with Crippen molar-refractivity contribution in [2.75, 3.05) is 6.61 Å². The molecule has 0 aromatic heterocycles. The van der Waals surface area contributed by atoms with E-state index in [-0.39, 0.29) is 30.6 Å². The van der Waals surface area contributed by atoms with Crippen LogP contribution >= 0.6 is 0 Å². The van der Waals surface area contributed by atoms with Gasteiger partial charge in [-0.15, -0.1) is 0 Å². The summed E-state index contributed by atoms with van der Waals surface area (Å²) in [7, 11) is 0. The average molecular weight is 331 g/mol. The number of hydrogen-bond acceptors (Lipinski definition) is 5. The molecule has 4 bridgehead atoms. The van der Waals surface area contributed by atoms with Crippen LogP contribution in [-0.2, 0) is 23.9 Å². The Labute approximate surface area is 140 Å². The first-order chi connectivity index (χ1) is 11.5. The summed E-state index contributed by atoms with van der Waals surface area (Å²) < 4.78 is 11.1. The van der Waals surface area contributed by atoms with Crippen molar-refractivity contribution in [1.82, 2.24) is 4.90 Å². The van der Waals surface area contributed by atoms with Crippen molar-refractivity contribution in [1.29, 1.82) is 0 Å². The van der Waals surface area contributed by atoms with Crippen molar-refractivity contribution in [3.05, 3.63) is 12.2 Å². The molecule has 0 unspecified atom stereocenters. The Bertz CT molecular complexity index is 672. The number of carbonyl (C=O) groups is 3. The van der Waals surface area contributed by atoms with Gasteiger partial charge in [0.25, 0.3) is 0 Å². The number of carbonyl (C=O) groups excluding carboxylic acids is 3. The van der Waals surface area contributed by atoms with Gasteiger partial charge in [0.1, 0.15) is 12.2 Å². The van der Waals surface area contributed by atoms with E-state index in [1.807, 2.05) is 12.2 Å². The standard InChI is InChI=1S/C18H21NO5/c1-9(20)23-8-18-5-4-13(24-18)14-15(18)17(22)19(16(14)21)12-7-10-2-3-11(12)6-10/h4-5,10-15H,2-3,6-8H2,1H3/t10-,11-,12-,13+,14-,15-,18+/m0/s1. The van der Waals surface area contributed by atoms with Gasteiger partial charge in [-0.2, -0.15) is 0 Å². The zero-order chi connectivity index (χ0) is 16.6. The van der Waals surface area contributed by atoms with E-state index < -0.39 is 23.4 Å². The van der Waals surface area contributed by atoms with Crippen LogP contribution in [-0.4, -0.2) is 47.0 Å². The van der Waals surface area contributed by atoms with Crippen molar-refractivity contribution in [3.63, 3.8) is 0 Å². The van der Waals surface area contributed by atoms with Crippen molar-refractivity contribution >= 4 is 17.8 Å². The molecule has 4 fully saturated rings. The van der Waals surface area contributed by atoms with Crippen molar-refractivity contribution in [2.45, 2.75) is 50.4 Å². The van der Waals surface area contributed by atoms with Crippen LogP contribution < -0.4 is 0 Å². The lowest BCUT2D eigenvalue weighted by Gasteiger charge is -2.32. The number of amides is 2. The van der Waals surface area contributed by atoms with Gasteiger partial charge < -0.3 is 9.47 Å². The van der Waals surface area contributed by atoms with Crippen LogP contribution in [0.1, 0.15) is 32.6 Å². The Hall–Kier alpha value is -1.69. The van der Waals surface area contributed by atoms with Gasteiger partial charge in [0.15, 0.2) is 0 Å². The second-order valence-electron chi connectivity index (χ2n) is 7.97. The van der Waals surface area contributed by atoms with Crippen LogP contribution in [0.4, 0.5) is 0 Å². The van der Waals surface area contributed by atoms with Gasteiger partial charge in [0.05, 0.1) is 17.9 Å². The van der Waals surface area contributed by atoms with E-state index in [2.05, 4.69) is 0 Å². The zero-order valence-electron chi connectivity index (χ0n) is 13.6. The zero-order valence-corrected chi connectivity index (χ0v) is 13.6. The molecule has 3 aliphatic heterocycles. The molecule has 6 heteroatoms. The maximum atomic E-state index is 13.2. The molecular weight excluding hydrogens is 310 g/mol. The molecule has 2 saturated carbocycles. The summed E-state index contributed by atoms with van der Waals surface area (Å²) >= 11 is 0. The molecule has 2 amide bonds. The minimum absolute atomic E-state index is 0.0000796. The van der Waals surface area contributed by atoms with E-state index in [1.54, 1.807) is 4.90 Å². The first-order valence-electron chi connectivity index (χ1n) is 8.87. The topological polar surface area (TPSA) is 72.9 Å². The third-order valence-electron chi connectivity index (χ3n) is 6.72. The van der Waals surface area contributed by atoms with Crippen LogP contribution in [0.25, 0.3) is 0 Å². The number of fused-ring (bicyclic) bond motifs is 7. The van der Waals surface area contributed by atoms with Crippen LogP contribution in [0.3, 0.4) is 0 Å². The maximum absolute atomic E-state index is 13.2. The largest absolute Gasteiger partial charge is 0.462 e. The average Bonchev–Trinajstić information content (AvgIpc) is 3.32. The van der Waals surface area contributed by atoms with E-state index in [9.17, 15) is 14.4 Å². The van der Waals surface area contributed by atoms with Crippen LogP contribution in [0.15, 0.2) is 12.2 Å². The molecule has 2 aliphatic carbocycles. The summed E-state index contributed by atoms with van der Waals surface area (Å²) in [4.78, 5) is 38.9. The number of likely N-dealkylation sites (tertiary alicyclic amines) is 1. The molecule has 128 valence electrons. The van der Waals surface area contributed by atoms with Gasteiger partial charge in [0.2, 0.25) is 11.8 Å². The molecule has 0 aromatic carbocycles. The highest BCUT2D eigenvalue weighted by Gasteiger charge is 2.69. The lowest BCUT2D eigenvalue weighted by atomic mass is 9.77. The highest BCUT2D eigenvalue weighted by Crippen LogP contribution is 2.55. The Balaban J connectivity index is 1.45. The molecule has 3 heterocycles. The maximum Gasteiger partial charge on any atom is 0.302 e. The number of esters is 1. The summed E-state index contributed by atoms with van der Waals surface area (Å²) in [5.41, 5.74) is -0.958. The van der Waals surface area contributed by atoms with Crippen molar-refractivity contribution < 1.29 is 23.9 Å². The molecule has 0 aromatic rings. The van der Waals surface area contributed by atoms with E-state index in [0.29, 0.717) is 11.8 Å². The lowest BCUT2D eigenvalue weighted by molar-refractivity contribution is -0.156. The number of hydrogen-bond donors (Lipinski definition) is 0. The minimum Gasteiger partial charge on any atom is -0.462 e. The smallest absolute Gasteiger partial charge is 0.302 e. The molecule has 0 spiro atoms. The van der Waals surface area contributed by atoms with E-state index in [0.717, 1.165) is 19.3 Å². The van der Waals surface area contributed by atoms with Crippen LogP contribution in [0, 0.1) is 23.7 Å². The lowest BCUT2D eigenvalue weighted by Crippen LogP contribution is -2.48. The number of nitrogens with zero attached hydrogens (tertiary/aromatic N) is 1. The molecule has 7 atom stereocenters. The van der Waals surface area contributed by atoms with E-state index >= 15 is 0 Å². The van der Waals surface area contributed by atoms with Gasteiger partial charge in [-0.3, -0.25) is 19.3 Å². The monoisotopic (exact) mass is 331 g/mol. The Morgan fingerprint density at radius 2 is 2.17 bits per heavy atom. The molecule has 0 radical (unpaired) electrons. The number of rotatable bonds is 3. The Morgan fingerprint density at radius 1 is 1.33 bits per heavy atom. The number of imide groups is 1. The third-order valence-corrected chi connectivity index (χ3v) is 6.72. The van der Waals surface area contributed by atoms with Crippen LogP contribution in [0.2, 0.25) is 0 Å². The van der Waals surface area contributed by atoms with E-state index in [4.69, 9.17) is 9.47 Å². The fourth-order valence-electron chi connectivity index (χ4n) is 5.76. The van der Waals surface area contributed by atoms with Crippen molar-refractivity contribution in [2.24, 2.45) is 23.7 Å². The van der Waals surface area contributed by atoms with E-state index in [1.165, 1.54) is 13.3 Å². The number of ether oxygens (including phenoxy) is 2. The summed E-state index contributed by atoms with van der Waals surface area (Å²) in [6.07, 6.45) is 7.75. The fraction of sp³-hybridized carbons (Fsp3) is 0.722. The summed E-state index contributed by atoms with van der Waals surface area (Å²) in [6, 6.07) is 0.0690. The third kappa shape index (κ3) is 1.72. The van der Waals surface area contributed by atoms with Gasteiger partial charge in [0, 0.05) is 13.0 Å². The predicted octanol–water partition coefficient (Wildman–Crippen LogP) is 1.05. The molecule has 2 saturated heterocycles. The normalized spacial score (nSPS) is 47.8. The quantitative estimate of drug-likeness (QED) is 0.439. The van der Waals surface area contributed by atoms with Crippen molar-refractivity contribution in [3.8, 4) is 0 Å².